The molecule has 6 heteroatoms. The summed E-state index contributed by atoms with van der Waals surface area (Å²) in [6, 6.07) is 11.8. The summed E-state index contributed by atoms with van der Waals surface area (Å²) < 4.78 is 15.4. The topological polar surface area (TPSA) is 73.9 Å². The molecule has 0 aliphatic heterocycles. The highest BCUT2D eigenvalue weighted by Crippen LogP contribution is 2.24. The summed E-state index contributed by atoms with van der Waals surface area (Å²) in [4.78, 5) is 23.9. The molecule has 0 unspecified atom stereocenters. The summed E-state index contributed by atoms with van der Waals surface area (Å²) in [7, 11) is 3.12. The number of nitrogens with one attached hydrogen (secondary N) is 1. The van der Waals surface area contributed by atoms with E-state index in [0.29, 0.717) is 29.4 Å². The molecule has 0 saturated carbocycles. The van der Waals surface area contributed by atoms with Crippen molar-refractivity contribution in [1.29, 1.82) is 0 Å². The molecule has 0 spiro atoms. The van der Waals surface area contributed by atoms with Gasteiger partial charge in [-0.1, -0.05) is 0 Å². The fourth-order valence-corrected chi connectivity index (χ4v) is 2.30. The van der Waals surface area contributed by atoms with Crippen molar-refractivity contribution in [3.63, 3.8) is 0 Å². The number of rotatable bonds is 7. The van der Waals surface area contributed by atoms with Crippen LogP contribution in [-0.2, 0) is 16.0 Å². The number of ether oxygens (including phenoxy) is 3. The average molecular weight is 343 g/mol. The Morgan fingerprint density at radius 2 is 1.72 bits per heavy atom. The zero-order valence-electron chi connectivity index (χ0n) is 14.5. The number of anilines is 1. The highest BCUT2D eigenvalue weighted by molar-refractivity contribution is 5.94. The lowest BCUT2D eigenvalue weighted by Crippen LogP contribution is -2.15. The Hall–Kier alpha value is -3.02. The lowest BCUT2D eigenvalue weighted by molar-refractivity contribution is -0.115. The summed E-state index contributed by atoms with van der Waals surface area (Å²) in [5, 5.41) is 2.79. The van der Waals surface area contributed by atoms with Crippen molar-refractivity contribution in [3.8, 4) is 11.5 Å². The largest absolute Gasteiger partial charge is 0.497 e. The van der Waals surface area contributed by atoms with Crippen LogP contribution in [0, 0.1) is 0 Å². The highest BCUT2D eigenvalue weighted by atomic mass is 16.5. The van der Waals surface area contributed by atoms with E-state index in [2.05, 4.69) is 5.32 Å². The fraction of sp³-hybridized carbons (Fsp3) is 0.263. The normalized spacial score (nSPS) is 10.0. The average Bonchev–Trinajstić information content (AvgIpc) is 2.62. The maximum Gasteiger partial charge on any atom is 0.338 e. The van der Waals surface area contributed by atoms with Crippen molar-refractivity contribution in [3.05, 3.63) is 53.6 Å². The molecule has 0 fully saturated rings. The molecule has 1 amide bonds. The van der Waals surface area contributed by atoms with Crippen LogP contribution < -0.4 is 14.8 Å². The third-order valence-electron chi connectivity index (χ3n) is 3.52. The minimum Gasteiger partial charge on any atom is -0.497 e. The molecule has 2 rings (SSSR count). The molecule has 0 aliphatic rings. The second-order valence-electron chi connectivity index (χ2n) is 5.20. The minimum atomic E-state index is -0.388. The van der Waals surface area contributed by atoms with Crippen molar-refractivity contribution >= 4 is 17.6 Å². The van der Waals surface area contributed by atoms with Crippen molar-refractivity contribution in [2.45, 2.75) is 13.3 Å². The Labute approximate surface area is 146 Å². The Bertz CT molecular complexity index is 740. The smallest absolute Gasteiger partial charge is 0.338 e. The van der Waals surface area contributed by atoms with E-state index < -0.39 is 0 Å². The van der Waals surface area contributed by atoms with Gasteiger partial charge in [0.1, 0.15) is 11.5 Å². The number of hydrogen-bond acceptors (Lipinski definition) is 5. The molecule has 132 valence electrons. The van der Waals surface area contributed by atoms with Crippen LogP contribution in [0.2, 0.25) is 0 Å². The lowest BCUT2D eigenvalue weighted by atomic mass is 10.1. The van der Waals surface area contributed by atoms with E-state index in [9.17, 15) is 9.59 Å². The summed E-state index contributed by atoms with van der Waals surface area (Å²) in [6.07, 6.45) is 0.139. The molecular formula is C19H21NO5. The van der Waals surface area contributed by atoms with Gasteiger partial charge < -0.3 is 19.5 Å². The Morgan fingerprint density at radius 3 is 2.32 bits per heavy atom. The number of esters is 1. The molecule has 0 atom stereocenters. The molecule has 25 heavy (non-hydrogen) atoms. The van der Waals surface area contributed by atoms with Gasteiger partial charge in [-0.15, -0.1) is 0 Å². The molecule has 0 heterocycles. The van der Waals surface area contributed by atoms with Gasteiger partial charge in [0.05, 0.1) is 32.8 Å². The summed E-state index contributed by atoms with van der Waals surface area (Å²) in [5.41, 5.74) is 1.76. The summed E-state index contributed by atoms with van der Waals surface area (Å²) in [5.74, 6) is 0.688. The first-order valence-electron chi connectivity index (χ1n) is 7.85. The zero-order chi connectivity index (χ0) is 18.2. The van der Waals surface area contributed by atoms with Crippen molar-refractivity contribution in [2.75, 3.05) is 26.1 Å². The number of amides is 1. The zero-order valence-corrected chi connectivity index (χ0v) is 14.5. The van der Waals surface area contributed by atoms with Crippen LogP contribution in [-0.4, -0.2) is 32.7 Å². The second-order valence-corrected chi connectivity index (χ2v) is 5.20. The van der Waals surface area contributed by atoms with Crippen LogP contribution in [0.1, 0.15) is 22.8 Å². The van der Waals surface area contributed by atoms with Crippen LogP contribution in [0.3, 0.4) is 0 Å². The van der Waals surface area contributed by atoms with E-state index >= 15 is 0 Å². The number of methoxy groups -OCH3 is 2. The van der Waals surface area contributed by atoms with Crippen molar-refractivity contribution < 1.29 is 23.8 Å². The Morgan fingerprint density at radius 1 is 1.00 bits per heavy atom. The molecule has 2 aromatic carbocycles. The number of carbonyl (C=O) groups is 2. The summed E-state index contributed by atoms with van der Waals surface area (Å²) >= 11 is 0. The summed E-state index contributed by atoms with van der Waals surface area (Å²) in [6.45, 7) is 2.07. The van der Waals surface area contributed by atoms with E-state index in [1.807, 2.05) is 0 Å². The maximum absolute atomic E-state index is 12.3. The van der Waals surface area contributed by atoms with Gasteiger partial charge in [-0.25, -0.2) is 4.79 Å². The first-order valence-corrected chi connectivity index (χ1v) is 7.85. The van der Waals surface area contributed by atoms with E-state index in [1.165, 1.54) is 0 Å². The second kappa shape index (κ2) is 8.73. The predicted octanol–water partition coefficient (Wildman–Crippen LogP) is 3.06. The monoisotopic (exact) mass is 343 g/mol. The lowest BCUT2D eigenvalue weighted by Gasteiger charge is -2.11. The van der Waals surface area contributed by atoms with Crippen molar-refractivity contribution in [2.24, 2.45) is 0 Å². The van der Waals surface area contributed by atoms with Gasteiger partial charge in [0.15, 0.2) is 0 Å². The van der Waals surface area contributed by atoms with Gasteiger partial charge >= 0.3 is 5.97 Å². The molecule has 0 radical (unpaired) electrons. The molecule has 0 aliphatic carbocycles. The van der Waals surface area contributed by atoms with Crippen LogP contribution in [0.5, 0.6) is 11.5 Å². The molecule has 0 bridgehead atoms. The van der Waals surface area contributed by atoms with Gasteiger partial charge in [0, 0.05) is 11.3 Å². The SMILES string of the molecule is CCOC(=O)c1ccc(NC(=O)Cc2cc(OC)ccc2OC)cc1. The van der Waals surface area contributed by atoms with E-state index in [0.717, 1.165) is 5.56 Å². The number of carbonyl (C=O) groups excluding carboxylic acids is 2. The van der Waals surface area contributed by atoms with Crippen LogP contribution in [0.25, 0.3) is 0 Å². The number of benzene rings is 2. The van der Waals surface area contributed by atoms with Gasteiger partial charge in [-0.3, -0.25) is 4.79 Å². The molecule has 1 N–H and O–H groups in total. The van der Waals surface area contributed by atoms with Crippen molar-refractivity contribution in [1.82, 2.24) is 0 Å². The molecular weight excluding hydrogens is 322 g/mol. The van der Waals surface area contributed by atoms with Gasteiger partial charge in [0.2, 0.25) is 5.91 Å². The van der Waals surface area contributed by atoms with Gasteiger partial charge in [0.25, 0.3) is 0 Å². The van der Waals surface area contributed by atoms with Gasteiger partial charge in [-0.05, 0) is 49.4 Å². The van der Waals surface area contributed by atoms with E-state index in [4.69, 9.17) is 14.2 Å². The van der Waals surface area contributed by atoms with Gasteiger partial charge in [-0.2, -0.15) is 0 Å². The maximum atomic E-state index is 12.3. The quantitative estimate of drug-likeness (QED) is 0.782. The first-order chi connectivity index (χ1) is 12.1. The third-order valence-corrected chi connectivity index (χ3v) is 3.52. The molecule has 2 aromatic rings. The predicted molar refractivity (Wildman–Crippen MR) is 94.3 cm³/mol. The third kappa shape index (κ3) is 4.97. The van der Waals surface area contributed by atoms with Crippen LogP contribution in [0.4, 0.5) is 5.69 Å². The van der Waals surface area contributed by atoms with E-state index in [1.54, 1.807) is 63.6 Å². The minimum absolute atomic E-state index is 0.139. The first kappa shape index (κ1) is 18.3. The van der Waals surface area contributed by atoms with E-state index in [-0.39, 0.29) is 18.3 Å². The molecule has 0 saturated heterocycles. The van der Waals surface area contributed by atoms with Crippen LogP contribution >= 0.6 is 0 Å². The Kier molecular flexibility index (Phi) is 6.39. The molecule has 0 aromatic heterocycles. The van der Waals surface area contributed by atoms with Crippen LogP contribution in [0.15, 0.2) is 42.5 Å². The standard InChI is InChI=1S/C19H21NO5/c1-4-25-19(22)13-5-7-15(8-6-13)20-18(21)12-14-11-16(23-2)9-10-17(14)24-3/h5-11H,4,12H2,1-3H3,(H,20,21). The fourth-order valence-electron chi connectivity index (χ4n) is 2.30. The molecule has 6 nitrogen and oxygen atoms in total. The highest BCUT2D eigenvalue weighted by Gasteiger charge is 2.11. The Balaban J connectivity index is 2.04. The number of hydrogen-bond donors (Lipinski definition) is 1.